The number of ether oxygens (including phenoxy) is 3. The van der Waals surface area contributed by atoms with Gasteiger partial charge >= 0.3 is 13.1 Å². The van der Waals surface area contributed by atoms with Gasteiger partial charge in [0.25, 0.3) is 0 Å². The fourth-order valence-electron chi connectivity index (χ4n) is 2.93. The Labute approximate surface area is 170 Å². The molecule has 27 heavy (non-hydrogen) atoms. The lowest BCUT2D eigenvalue weighted by Crippen LogP contribution is -2.41. The number of carbonyl (C=O) groups excluding carboxylic acids is 1. The molecule has 0 radical (unpaired) electrons. The number of hydrogen-bond acceptors (Lipinski definition) is 6. The van der Waals surface area contributed by atoms with Crippen LogP contribution < -0.4 is 9.47 Å². The molecule has 1 aromatic rings. The molecule has 1 aliphatic heterocycles. The molecule has 1 aromatic carbocycles. The van der Waals surface area contributed by atoms with Gasteiger partial charge in [-0.1, -0.05) is 0 Å². The van der Waals surface area contributed by atoms with Crippen molar-refractivity contribution in [3.05, 3.63) is 22.2 Å². The average molecular weight is 443 g/mol. The van der Waals surface area contributed by atoms with E-state index in [1.807, 2.05) is 39.8 Å². The van der Waals surface area contributed by atoms with E-state index in [9.17, 15) is 4.79 Å². The quantitative estimate of drug-likeness (QED) is 0.467. The van der Waals surface area contributed by atoms with Crippen molar-refractivity contribution in [2.45, 2.75) is 58.1 Å². The predicted octanol–water partition coefficient (Wildman–Crippen LogP) is 4.13. The predicted molar refractivity (Wildman–Crippen MR) is 107 cm³/mol. The van der Waals surface area contributed by atoms with Crippen LogP contribution in [0.5, 0.6) is 11.5 Å². The van der Waals surface area contributed by atoms with E-state index in [-0.39, 0.29) is 18.2 Å². The summed E-state index contributed by atoms with van der Waals surface area (Å²) in [5.41, 5.74) is -0.194. The van der Waals surface area contributed by atoms with Gasteiger partial charge in [-0.15, -0.1) is 0 Å². The first kappa shape index (κ1) is 22.0. The summed E-state index contributed by atoms with van der Waals surface area (Å²) < 4.78 is 29.2. The van der Waals surface area contributed by atoms with Crippen LogP contribution in [0.2, 0.25) is 0 Å². The van der Waals surface area contributed by atoms with Gasteiger partial charge in [-0.25, -0.2) is 0 Å². The molecule has 1 aliphatic rings. The van der Waals surface area contributed by atoms with Crippen molar-refractivity contribution in [1.29, 1.82) is 0 Å². The topological polar surface area (TPSA) is 63.2 Å². The minimum atomic E-state index is -0.602. The second-order valence-electron chi connectivity index (χ2n) is 7.48. The molecule has 0 saturated carbocycles. The number of hydrogen-bond donors (Lipinski definition) is 0. The minimum absolute atomic E-state index is 0.124. The molecule has 1 heterocycles. The highest BCUT2D eigenvalue weighted by Gasteiger charge is 2.54. The fraction of sp³-hybridized carbons (Fsp3) is 0.632. The Kier molecular flexibility index (Phi) is 6.87. The van der Waals surface area contributed by atoms with Crippen LogP contribution in [0.3, 0.4) is 0 Å². The molecule has 0 amide bonds. The number of halogens is 1. The summed E-state index contributed by atoms with van der Waals surface area (Å²) in [6.45, 7) is 10.0. The molecule has 1 unspecified atom stereocenters. The van der Waals surface area contributed by atoms with Crippen molar-refractivity contribution in [2.75, 3.05) is 20.8 Å². The summed E-state index contributed by atoms with van der Waals surface area (Å²) in [7, 11) is 2.56. The zero-order valence-electron chi connectivity index (χ0n) is 17.1. The second kappa shape index (κ2) is 8.41. The molecule has 2 rings (SSSR count). The summed E-state index contributed by atoms with van der Waals surface area (Å²) >= 11 is 3.48. The van der Waals surface area contributed by atoms with Crippen molar-refractivity contribution in [1.82, 2.24) is 0 Å². The third kappa shape index (κ3) is 4.61. The molecular weight excluding hydrogens is 415 g/mol. The maximum absolute atomic E-state index is 12.3. The molecule has 1 fully saturated rings. The van der Waals surface area contributed by atoms with Gasteiger partial charge < -0.3 is 23.5 Å². The van der Waals surface area contributed by atoms with Crippen LogP contribution in [0.25, 0.3) is 0 Å². The van der Waals surface area contributed by atoms with Gasteiger partial charge in [-0.2, -0.15) is 0 Å². The summed E-state index contributed by atoms with van der Waals surface area (Å²) in [4.78, 5) is 12.3. The van der Waals surface area contributed by atoms with E-state index < -0.39 is 18.3 Å². The Balaban J connectivity index is 2.46. The Hall–Kier alpha value is -1.25. The third-order valence-corrected chi connectivity index (χ3v) is 5.97. The highest BCUT2D eigenvalue weighted by Crippen LogP contribution is 2.44. The first-order chi connectivity index (χ1) is 12.6. The largest absolute Gasteiger partial charge is 0.495 e. The van der Waals surface area contributed by atoms with Crippen LogP contribution in [0, 0.1) is 0 Å². The van der Waals surface area contributed by atoms with Crippen molar-refractivity contribution < 1.29 is 28.3 Å². The average Bonchev–Trinajstić information content (AvgIpc) is 2.81. The van der Waals surface area contributed by atoms with Crippen LogP contribution in [0.1, 0.15) is 52.4 Å². The van der Waals surface area contributed by atoms with Gasteiger partial charge in [0.15, 0.2) is 0 Å². The molecule has 1 atom stereocenters. The van der Waals surface area contributed by atoms with Crippen molar-refractivity contribution in [2.24, 2.45) is 0 Å². The lowest BCUT2D eigenvalue weighted by atomic mass is 9.66. The van der Waals surface area contributed by atoms with E-state index >= 15 is 0 Å². The van der Waals surface area contributed by atoms with Gasteiger partial charge in [-0.3, -0.25) is 4.79 Å². The minimum Gasteiger partial charge on any atom is -0.495 e. The molecule has 0 aromatic heterocycles. The van der Waals surface area contributed by atoms with E-state index in [1.54, 1.807) is 21.1 Å². The van der Waals surface area contributed by atoms with Gasteiger partial charge in [0.2, 0.25) is 0 Å². The molecule has 0 spiro atoms. The Morgan fingerprint density at radius 3 is 2.00 bits per heavy atom. The highest BCUT2D eigenvalue weighted by atomic mass is 79.9. The zero-order valence-corrected chi connectivity index (χ0v) is 18.6. The molecule has 8 heteroatoms. The molecular formula is C19H28BBrO6. The lowest BCUT2D eigenvalue weighted by Gasteiger charge is -2.32. The first-order valence-corrected chi connectivity index (χ1v) is 9.78. The van der Waals surface area contributed by atoms with E-state index in [4.69, 9.17) is 23.5 Å². The van der Waals surface area contributed by atoms with Crippen LogP contribution in [0.15, 0.2) is 16.6 Å². The Morgan fingerprint density at radius 2 is 1.59 bits per heavy atom. The standard InChI is InChI=1S/C19H28BBrO6/c1-8-25-16(22)11-13(20-26-18(2,3)19(4,5)27-20)12-9-14(23-6)17(21)15(10-12)24-7/h9-10,13H,8,11H2,1-7H3. The number of carbonyl (C=O) groups is 1. The fourth-order valence-corrected chi connectivity index (χ4v) is 3.48. The number of esters is 1. The van der Waals surface area contributed by atoms with Gasteiger partial charge in [0.05, 0.1) is 38.4 Å². The number of rotatable bonds is 7. The summed E-state index contributed by atoms with van der Waals surface area (Å²) in [6.07, 6.45) is 0.124. The third-order valence-electron chi connectivity index (χ3n) is 5.19. The van der Waals surface area contributed by atoms with E-state index in [2.05, 4.69) is 15.9 Å². The summed E-state index contributed by atoms with van der Waals surface area (Å²) in [6, 6.07) is 3.73. The van der Waals surface area contributed by atoms with Crippen molar-refractivity contribution >= 4 is 29.0 Å². The van der Waals surface area contributed by atoms with Gasteiger partial charge in [0.1, 0.15) is 16.0 Å². The lowest BCUT2D eigenvalue weighted by molar-refractivity contribution is -0.143. The molecule has 150 valence electrons. The highest BCUT2D eigenvalue weighted by molar-refractivity contribution is 9.10. The molecule has 0 N–H and O–H groups in total. The summed E-state index contributed by atoms with van der Waals surface area (Å²) in [5.74, 6) is 0.531. The number of methoxy groups -OCH3 is 2. The van der Waals surface area contributed by atoms with E-state index in [0.717, 1.165) is 5.56 Å². The van der Waals surface area contributed by atoms with Crippen LogP contribution in [-0.4, -0.2) is 45.1 Å². The second-order valence-corrected chi connectivity index (χ2v) is 8.27. The number of benzene rings is 1. The molecule has 6 nitrogen and oxygen atoms in total. The zero-order chi connectivity index (χ0) is 20.4. The molecule has 1 saturated heterocycles. The van der Waals surface area contributed by atoms with Crippen LogP contribution in [-0.2, 0) is 18.8 Å². The van der Waals surface area contributed by atoms with Crippen LogP contribution in [0.4, 0.5) is 0 Å². The van der Waals surface area contributed by atoms with Gasteiger partial charge in [-0.05, 0) is 68.2 Å². The van der Waals surface area contributed by atoms with E-state index in [0.29, 0.717) is 22.6 Å². The maximum atomic E-state index is 12.3. The Morgan fingerprint density at radius 1 is 1.11 bits per heavy atom. The molecule has 0 aliphatic carbocycles. The summed E-state index contributed by atoms with van der Waals surface area (Å²) in [5, 5.41) is 0. The maximum Gasteiger partial charge on any atom is 0.466 e. The first-order valence-electron chi connectivity index (χ1n) is 8.99. The smallest absolute Gasteiger partial charge is 0.466 e. The van der Waals surface area contributed by atoms with Crippen molar-refractivity contribution in [3.63, 3.8) is 0 Å². The van der Waals surface area contributed by atoms with Crippen molar-refractivity contribution in [3.8, 4) is 11.5 Å². The molecule has 0 bridgehead atoms. The monoisotopic (exact) mass is 442 g/mol. The van der Waals surface area contributed by atoms with E-state index in [1.165, 1.54) is 0 Å². The van der Waals surface area contributed by atoms with Crippen LogP contribution >= 0.6 is 15.9 Å². The SMILES string of the molecule is CCOC(=O)CC(B1OC(C)(C)C(C)(C)O1)c1cc(OC)c(Br)c(OC)c1. The Bertz CT molecular complexity index is 650. The normalized spacial score (nSPS) is 18.9. The van der Waals surface area contributed by atoms with Gasteiger partial charge in [0, 0.05) is 5.82 Å².